The summed E-state index contributed by atoms with van der Waals surface area (Å²) in [5.74, 6) is -1.02. The van der Waals surface area contributed by atoms with Crippen molar-refractivity contribution in [3.05, 3.63) is 87.9 Å². The van der Waals surface area contributed by atoms with Crippen molar-refractivity contribution in [3.8, 4) is 10.4 Å². The van der Waals surface area contributed by atoms with E-state index in [4.69, 9.17) is 16.7 Å². The van der Waals surface area contributed by atoms with E-state index in [1.54, 1.807) is 42.5 Å². The van der Waals surface area contributed by atoms with Crippen LogP contribution in [-0.2, 0) is 4.79 Å². The molecule has 160 valence electrons. The monoisotopic (exact) mass is 456 g/mol. The van der Waals surface area contributed by atoms with Crippen molar-refractivity contribution in [1.82, 2.24) is 10.6 Å². The maximum Gasteiger partial charge on any atom is 0.267 e. The Balaban J connectivity index is 1.86. The number of nitrogens with one attached hydrogen (secondary N) is 2. The Morgan fingerprint density at radius 1 is 1.03 bits per heavy atom. The van der Waals surface area contributed by atoms with Crippen molar-refractivity contribution < 1.29 is 19.8 Å². The van der Waals surface area contributed by atoms with Gasteiger partial charge in [-0.1, -0.05) is 48.0 Å². The van der Waals surface area contributed by atoms with Crippen molar-refractivity contribution in [2.45, 2.75) is 6.10 Å². The maximum atomic E-state index is 12.7. The lowest BCUT2D eigenvalue weighted by Crippen LogP contribution is -2.39. The highest BCUT2D eigenvalue weighted by Crippen LogP contribution is 2.33. The van der Waals surface area contributed by atoms with E-state index in [-0.39, 0.29) is 12.2 Å². The molecule has 1 aromatic heterocycles. The van der Waals surface area contributed by atoms with Gasteiger partial charge in [0.1, 0.15) is 5.70 Å². The van der Waals surface area contributed by atoms with Crippen LogP contribution >= 0.6 is 22.9 Å². The minimum atomic E-state index is -1.09. The lowest BCUT2D eigenvalue weighted by Gasteiger charge is -2.12. The Kier molecular flexibility index (Phi) is 7.97. The van der Waals surface area contributed by atoms with Gasteiger partial charge in [0.15, 0.2) is 0 Å². The molecule has 0 saturated heterocycles. The van der Waals surface area contributed by atoms with Gasteiger partial charge in [0, 0.05) is 32.4 Å². The van der Waals surface area contributed by atoms with E-state index in [1.165, 1.54) is 11.3 Å². The van der Waals surface area contributed by atoms with E-state index < -0.39 is 24.5 Å². The van der Waals surface area contributed by atoms with E-state index in [9.17, 15) is 14.7 Å². The van der Waals surface area contributed by atoms with E-state index in [1.807, 2.05) is 30.3 Å². The second-order valence-electron chi connectivity index (χ2n) is 6.61. The molecule has 0 saturated carbocycles. The third kappa shape index (κ3) is 6.26. The number of halogens is 1. The number of benzene rings is 2. The molecule has 0 radical (unpaired) electrons. The Morgan fingerprint density at radius 2 is 1.74 bits per heavy atom. The molecule has 1 atom stereocenters. The van der Waals surface area contributed by atoms with Crippen LogP contribution in [0.15, 0.2) is 72.4 Å². The van der Waals surface area contributed by atoms with Gasteiger partial charge < -0.3 is 20.8 Å². The third-order valence-corrected chi connectivity index (χ3v) is 5.69. The van der Waals surface area contributed by atoms with Crippen molar-refractivity contribution in [3.63, 3.8) is 0 Å². The lowest BCUT2D eigenvalue weighted by molar-refractivity contribution is -0.118. The summed E-state index contributed by atoms with van der Waals surface area (Å²) < 4.78 is 0. The molecule has 6 nitrogen and oxygen atoms in total. The lowest BCUT2D eigenvalue weighted by atomic mass is 10.2. The van der Waals surface area contributed by atoms with Crippen LogP contribution in [0.2, 0.25) is 5.02 Å². The molecular formula is C23H21ClN2O4S. The molecule has 4 N–H and O–H groups in total. The zero-order valence-corrected chi connectivity index (χ0v) is 18.0. The fourth-order valence-corrected chi connectivity index (χ4v) is 3.98. The minimum Gasteiger partial charge on any atom is -0.394 e. The zero-order chi connectivity index (χ0) is 22.2. The molecule has 2 aromatic carbocycles. The van der Waals surface area contributed by atoms with Gasteiger partial charge in [-0.25, -0.2) is 0 Å². The van der Waals surface area contributed by atoms with Gasteiger partial charge in [-0.15, -0.1) is 11.3 Å². The van der Waals surface area contributed by atoms with E-state index in [2.05, 4.69) is 10.6 Å². The molecule has 31 heavy (non-hydrogen) atoms. The SMILES string of the molecule is O=C(NCC(O)CO)/C(=C/c1ccc(-c2ccccc2Cl)s1)NC(=O)c1ccccc1. The van der Waals surface area contributed by atoms with E-state index in [0.717, 1.165) is 15.3 Å². The molecule has 2 amide bonds. The van der Waals surface area contributed by atoms with Crippen molar-refractivity contribution >= 4 is 40.8 Å². The second kappa shape index (κ2) is 10.9. The van der Waals surface area contributed by atoms with Crippen molar-refractivity contribution in [2.75, 3.05) is 13.2 Å². The number of carbonyl (C=O) groups excluding carboxylic acids is 2. The first kappa shape index (κ1) is 22.7. The summed E-state index contributed by atoms with van der Waals surface area (Å²) in [5, 5.41) is 24.2. The minimum absolute atomic E-state index is 0.0200. The standard InChI is InChI=1S/C23H21ClN2O4S/c24-19-9-5-4-8-18(19)21-11-10-17(31-21)12-20(23(30)25-13-16(28)14-27)26-22(29)15-6-2-1-3-7-15/h1-12,16,27-28H,13-14H2,(H,25,30)(H,26,29)/b20-12-. The predicted octanol–water partition coefficient (Wildman–Crippen LogP) is 3.31. The first-order valence-electron chi connectivity index (χ1n) is 9.48. The summed E-state index contributed by atoms with van der Waals surface area (Å²) in [5.41, 5.74) is 1.30. The normalized spacial score (nSPS) is 12.3. The number of aliphatic hydroxyl groups is 2. The summed E-state index contributed by atoms with van der Waals surface area (Å²) in [7, 11) is 0. The molecule has 1 heterocycles. The van der Waals surface area contributed by atoms with Gasteiger partial charge in [-0.05, 0) is 36.4 Å². The number of hydrogen-bond donors (Lipinski definition) is 4. The molecule has 0 aliphatic rings. The first-order valence-corrected chi connectivity index (χ1v) is 10.7. The Bertz CT molecular complexity index is 1080. The largest absolute Gasteiger partial charge is 0.394 e. The zero-order valence-electron chi connectivity index (χ0n) is 16.4. The van der Waals surface area contributed by atoms with Crippen LogP contribution < -0.4 is 10.6 Å². The molecule has 0 bridgehead atoms. The quantitative estimate of drug-likeness (QED) is 0.391. The van der Waals surface area contributed by atoms with Crippen LogP contribution in [0.4, 0.5) is 0 Å². The van der Waals surface area contributed by atoms with Gasteiger partial charge >= 0.3 is 0 Å². The third-order valence-electron chi connectivity index (χ3n) is 4.29. The van der Waals surface area contributed by atoms with Crippen molar-refractivity contribution in [1.29, 1.82) is 0 Å². The molecule has 1 unspecified atom stereocenters. The number of hydrogen-bond acceptors (Lipinski definition) is 5. The number of thiophene rings is 1. The summed E-state index contributed by atoms with van der Waals surface area (Å²) in [6, 6.07) is 19.7. The Hall–Kier alpha value is -2.97. The molecule has 0 aliphatic heterocycles. The van der Waals surface area contributed by atoms with Crippen LogP contribution in [0, 0.1) is 0 Å². The predicted molar refractivity (Wildman–Crippen MR) is 123 cm³/mol. The summed E-state index contributed by atoms with van der Waals surface area (Å²) in [4.78, 5) is 26.9. The number of aliphatic hydroxyl groups excluding tert-OH is 2. The highest BCUT2D eigenvalue weighted by Gasteiger charge is 2.16. The average Bonchev–Trinajstić information content (AvgIpc) is 3.25. The van der Waals surface area contributed by atoms with Gasteiger partial charge in [-0.2, -0.15) is 0 Å². The smallest absolute Gasteiger partial charge is 0.267 e. The van der Waals surface area contributed by atoms with Gasteiger partial charge in [0.05, 0.1) is 12.7 Å². The van der Waals surface area contributed by atoms with Crippen LogP contribution in [0.3, 0.4) is 0 Å². The van der Waals surface area contributed by atoms with Crippen molar-refractivity contribution in [2.24, 2.45) is 0 Å². The highest BCUT2D eigenvalue weighted by atomic mass is 35.5. The molecular weight excluding hydrogens is 436 g/mol. The summed E-state index contributed by atoms with van der Waals surface area (Å²) in [6.45, 7) is -0.634. The topological polar surface area (TPSA) is 98.7 Å². The summed E-state index contributed by atoms with van der Waals surface area (Å²) in [6.07, 6.45) is 0.468. The van der Waals surface area contributed by atoms with Crippen LogP contribution in [0.5, 0.6) is 0 Å². The molecule has 8 heteroatoms. The second-order valence-corrected chi connectivity index (χ2v) is 8.13. The Morgan fingerprint density at radius 3 is 2.45 bits per heavy atom. The van der Waals surface area contributed by atoms with Gasteiger partial charge in [-0.3, -0.25) is 9.59 Å². The first-order chi connectivity index (χ1) is 15.0. The molecule has 0 aliphatic carbocycles. The molecule has 3 aromatic rings. The Labute approximate surface area is 188 Å². The van der Waals surface area contributed by atoms with Crippen LogP contribution in [0.25, 0.3) is 16.5 Å². The average molecular weight is 457 g/mol. The molecule has 0 fully saturated rings. The summed E-state index contributed by atoms with van der Waals surface area (Å²) >= 11 is 7.69. The number of carbonyl (C=O) groups is 2. The van der Waals surface area contributed by atoms with E-state index >= 15 is 0 Å². The van der Waals surface area contributed by atoms with Crippen LogP contribution in [-0.4, -0.2) is 41.3 Å². The maximum absolute atomic E-state index is 12.7. The van der Waals surface area contributed by atoms with Gasteiger partial charge in [0.25, 0.3) is 11.8 Å². The van der Waals surface area contributed by atoms with Gasteiger partial charge in [0.2, 0.25) is 0 Å². The molecule has 0 spiro atoms. The number of amides is 2. The number of rotatable bonds is 8. The fourth-order valence-electron chi connectivity index (χ4n) is 2.69. The fraction of sp³-hybridized carbons (Fsp3) is 0.130. The molecule has 3 rings (SSSR count). The van der Waals surface area contributed by atoms with E-state index in [0.29, 0.717) is 10.6 Å². The highest BCUT2D eigenvalue weighted by molar-refractivity contribution is 7.16. The van der Waals surface area contributed by atoms with Crippen LogP contribution in [0.1, 0.15) is 15.2 Å².